The molecule has 1 amide bonds. The molecule has 1 heterocycles. The van der Waals surface area contributed by atoms with Gasteiger partial charge >= 0.3 is 5.97 Å². The molecule has 6 heteroatoms. The SMILES string of the molecule is Cc1ccc2oc(C(=O)OCC(=O)NCCCc3ccccc3)cc(=O)c2c1. The highest BCUT2D eigenvalue weighted by atomic mass is 16.5. The normalized spacial score (nSPS) is 10.6. The molecule has 0 aliphatic rings. The van der Waals surface area contributed by atoms with Crippen LogP contribution in [0, 0.1) is 6.92 Å². The van der Waals surface area contributed by atoms with E-state index in [1.54, 1.807) is 18.2 Å². The van der Waals surface area contributed by atoms with Crippen molar-refractivity contribution in [3.8, 4) is 0 Å². The average molecular weight is 379 g/mol. The van der Waals surface area contributed by atoms with Crippen LogP contribution in [0.15, 0.2) is 63.8 Å². The summed E-state index contributed by atoms with van der Waals surface area (Å²) in [6, 6.07) is 16.1. The number of amides is 1. The summed E-state index contributed by atoms with van der Waals surface area (Å²) in [7, 11) is 0. The third kappa shape index (κ3) is 5.07. The molecular formula is C22H21NO5. The van der Waals surface area contributed by atoms with E-state index in [4.69, 9.17) is 9.15 Å². The Labute approximate surface area is 162 Å². The maximum atomic E-state index is 12.1. The maximum Gasteiger partial charge on any atom is 0.374 e. The number of hydrogen-bond donors (Lipinski definition) is 1. The Morgan fingerprint density at radius 3 is 2.64 bits per heavy atom. The van der Waals surface area contributed by atoms with Crippen LogP contribution in [0.25, 0.3) is 11.0 Å². The minimum Gasteiger partial charge on any atom is -0.450 e. The highest BCUT2D eigenvalue weighted by Gasteiger charge is 2.15. The van der Waals surface area contributed by atoms with Crippen molar-refractivity contribution in [3.05, 3.63) is 81.7 Å². The molecule has 28 heavy (non-hydrogen) atoms. The molecule has 3 aromatic rings. The summed E-state index contributed by atoms with van der Waals surface area (Å²) < 4.78 is 10.4. The van der Waals surface area contributed by atoms with Crippen LogP contribution in [0.1, 0.15) is 28.1 Å². The Kier molecular flexibility index (Phi) is 6.22. The van der Waals surface area contributed by atoms with Gasteiger partial charge in [0.25, 0.3) is 5.91 Å². The molecule has 1 N–H and O–H groups in total. The van der Waals surface area contributed by atoms with Gasteiger partial charge in [-0.15, -0.1) is 0 Å². The van der Waals surface area contributed by atoms with E-state index in [1.807, 2.05) is 37.3 Å². The van der Waals surface area contributed by atoms with E-state index >= 15 is 0 Å². The van der Waals surface area contributed by atoms with Crippen molar-refractivity contribution in [1.29, 1.82) is 0 Å². The quantitative estimate of drug-likeness (QED) is 0.504. The van der Waals surface area contributed by atoms with Crippen LogP contribution in [0.2, 0.25) is 0 Å². The molecule has 0 aliphatic heterocycles. The molecule has 0 unspecified atom stereocenters. The van der Waals surface area contributed by atoms with Crippen molar-refractivity contribution < 1.29 is 18.7 Å². The topological polar surface area (TPSA) is 85.6 Å². The van der Waals surface area contributed by atoms with Gasteiger partial charge in [0.2, 0.25) is 5.76 Å². The molecule has 2 aromatic carbocycles. The molecule has 0 aliphatic carbocycles. The van der Waals surface area contributed by atoms with E-state index in [1.165, 1.54) is 5.56 Å². The van der Waals surface area contributed by atoms with Crippen LogP contribution < -0.4 is 10.7 Å². The van der Waals surface area contributed by atoms with E-state index < -0.39 is 18.5 Å². The maximum absolute atomic E-state index is 12.1. The lowest BCUT2D eigenvalue weighted by atomic mass is 10.1. The molecule has 3 rings (SSSR count). The van der Waals surface area contributed by atoms with Crippen molar-refractivity contribution in [2.24, 2.45) is 0 Å². The Hall–Kier alpha value is -3.41. The molecule has 6 nitrogen and oxygen atoms in total. The van der Waals surface area contributed by atoms with Crippen LogP contribution >= 0.6 is 0 Å². The van der Waals surface area contributed by atoms with E-state index in [9.17, 15) is 14.4 Å². The van der Waals surface area contributed by atoms with Crippen molar-refractivity contribution in [3.63, 3.8) is 0 Å². The van der Waals surface area contributed by atoms with Crippen LogP contribution in [-0.4, -0.2) is 25.0 Å². The number of esters is 1. The number of nitrogens with one attached hydrogen (secondary N) is 1. The summed E-state index contributed by atoms with van der Waals surface area (Å²) in [6.07, 6.45) is 1.63. The predicted octanol–water partition coefficient (Wildman–Crippen LogP) is 3.01. The minimum atomic E-state index is -0.848. The second-order valence-corrected chi connectivity index (χ2v) is 6.49. The van der Waals surface area contributed by atoms with Gasteiger partial charge in [-0.05, 0) is 37.5 Å². The first-order valence-corrected chi connectivity index (χ1v) is 9.05. The number of ether oxygens (including phenoxy) is 1. The van der Waals surface area contributed by atoms with E-state index in [0.717, 1.165) is 24.5 Å². The summed E-state index contributed by atoms with van der Waals surface area (Å²) >= 11 is 0. The smallest absolute Gasteiger partial charge is 0.374 e. The number of rotatable bonds is 7. The zero-order valence-corrected chi connectivity index (χ0v) is 15.6. The van der Waals surface area contributed by atoms with Crippen LogP contribution in [0.3, 0.4) is 0 Å². The lowest BCUT2D eigenvalue weighted by Gasteiger charge is -2.07. The van der Waals surface area contributed by atoms with Crippen molar-refractivity contribution in [1.82, 2.24) is 5.32 Å². The average Bonchev–Trinajstić information content (AvgIpc) is 2.70. The Morgan fingerprint density at radius 2 is 1.86 bits per heavy atom. The molecule has 0 atom stereocenters. The molecule has 0 saturated carbocycles. The Morgan fingerprint density at radius 1 is 1.07 bits per heavy atom. The lowest BCUT2D eigenvalue weighted by molar-refractivity contribution is -0.124. The van der Waals surface area contributed by atoms with E-state index in [-0.39, 0.29) is 11.2 Å². The summed E-state index contributed by atoms with van der Waals surface area (Å²) in [5.74, 6) is -1.47. The summed E-state index contributed by atoms with van der Waals surface area (Å²) in [6.45, 7) is 1.91. The summed E-state index contributed by atoms with van der Waals surface area (Å²) in [4.78, 5) is 36.1. The second kappa shape index (κ2) is 8.99. The molecular weight excluding hydrogens is 358 g/mol. The fourth-order valence-electron chi connectivity index (χ4n) is 2.79. The molecule has 0 saturated heterocycles. The largest absolute Gasteiger partial charge is 0.450 e. The number of fused-ring (bicyclic) bond motifs is 1. The highest BCUT2D eigenvalue weighted by Crippen LogP contribution is 2.14. The van der Waals surface area contributed by atoms with Gasteiger partial charge in [-0.1, -0.05) is 42.0 Å². The number of benzene rings is 2. The van der Waals surface area contributed by atoms with Gasteiger partial charge in [0.1, 0.15) is 5.58 Å². The molecule has 0 radical (unpaired) electrons. The molecule has 144 valence electrons. The third-order valence-electron chi connectivity index (χ3n) is 4.23. The van der Waals surface area contributed by atoms with Gasteiger partial charge in [-0.25, -0.2) is 4.79 Å². The predicted molar refractivity (Wildman–Crippen MR) is 105 cm³/mol. The number of carbonyl (C=O) groups is 2. The third-order valence-corrected chi connectivity index (χ3v) is 4.23. The van der Waals surface area contributed by atoms with Crippen LogP contribution in [0.5, 0.6) is 0 Å². The van der Waals surface area contributed by atoms with Gasteiger partial charge in [-0.3, -0.25) is 9.59 Å². The summed E-state index contributed by atoms with van der Waals surface area (Å²) in [5.41, 5.74) is 2.08. The van der Waals surface area contributed by atoms with Gasteiger partial charge < -0.3 is 14.5 Å². The standard InChI is InChI=1S/C22H21NO5/c1-15-9-10-19-17(12-15)18(24)13-20(28-19)22(26)27-14-21(25)23-11-5-8-16-6-3-2-4-7-16/h2-4,6-7,9-10,12-13H,5,8,11,14H2,1H3,(H,23,25). The van der Waals surface area contributed by atoms with E-state index in [2.05, 4.69) is 5.32 Å². The molecule has 0 fully saturated rings. The first-order chi connectivity index (χ1) is 13.5. The van der Waals surface area contributed by atoms with Gasteiger partial charge in [-0.2, -0.15) is 0 Å². The Bertz CT molecular complexity index is 1040. The summed E-state index contributed by atoms with van der Waals surface area (Å²) in [5, 5.41) is 3.09. The van der Waals surface area contributed by atoms with Crippen molar-refractivity contribution >= 4 is 22.8 Å². The van der Waals surface area contributed by atoms with Crippen molar-refractivity contribution in [2.75, 3.05) is 13.2 Å². The lowest BCUT2D eigenvalue weighted by Crippen LogP contribution is -2.30. The molecule has 0 bridgehead atoms. The first kappa shape index (κ1) is 19.4. The van der Waals surface area contributed by atoms with Crippen LogP contribution in [0.4, 0.5) is 0 Å². The number of aryl methyl sites for hydroxylation is 2. The first-order valence-electron chi connectivity index (χ1n) is 9.05. The van der Waals surface area contributed by atoms with Crippen molar-refractivity contribution in [2.45, 2.75) is 19.8 Å². The van der Waals surface area contributed by atoms with Gasteiger partial charge in [0.05, 0.1) is 5.39 Å². The fourth-order valence-corrected chi connectivity index (χ4v) is 2.79. The highest BCUT2D eigenvalue weighted by molar-refractivity contribution is 5.90. The zero-order chi connectivity index (χ0) is 19.9. The fraction of sp³-hybridized carbons (Fsp3) is 0.227. The zero-order valence-electron chi connectivity index (χ0n) is 15.6. The minimum absolute atomic E-state index is 0.224. The second-order valence-electron chi connectivity index (χ2n) is 6.49. The number of hydrogen-bond acceptors (Lipinski definition) is 5. The van der Waals surface area contributed by atoms with Gasteiger partial charge in [0, 0.05) is 12.6 Å². The molecule has 0 spiro atoms. The molecule has 1 aromatic heterocycles. The Balaban J connectivity index is 1.48. The van der Waals surface area contributed by atoms with Crippen LogP contribution in [-0.2, 0) is 16.0 Å². The van der Waals surface area contributed by atoms with Gasteiger partial charge in [0.15, 0.2) is 12.0 Å². The van der Waals surface area contributed by atoms with E-state index in [0.29, 0.717) is 17.5 Å². The number of carbonyl (C=O) groups excluding carboxylic acids is 2. The monoisotopic (exact) mass is 379 g/mol.